The number of carbonyl (C=O) groups is 2. The maximum atomic E-state index is 11.9. The summed E-state index contributed by atoms with van der Waals surface area (Å²) >= 11 is 0. The van der Waals surface area contributed by atoms with E-state index in [9.17, 15) is 9.59 Å². The van der Waals surface area contributed by atoms with Crippen LogP contribution >= 0.6 is 0 Å². The van der Waals surface area contributed by atoms with Crippen molar-refractivity contribution in [2.75, 3.05) is 12.3 Å². The average molecular weight is 261 g/mol. The van der Waals surface area contributed by atoms with E-state index < -0.39 is 0 Å². The molecule has 0 saturated heterocycles. The zero-order chi connectivity index (χ0) is 13.8. The number of nitrogen functional groups attached to an aromatic ring is 1. The largest absolute Gasteiger partial charge is 0.399 e. The number of amides is 2. The van der Waals surface area contributed by atoms with Crippen LogP contribution in [0.15, 0.2) is 18.2 Å². The number of hydrogen-bond donors (Lipinski definition) is 3. The van der Waals surface area contributed by atoms with E-state index in [0.29, 0.717) is 30.3 Å². The van der Waals surface area contributed by atoms with Gasteiger partial charge in [-0.3, -0.25) is 9.59 Å². The minimum absolute atomic E-state index is 0.00732. The van der Waals surface area contributed by atoms with Crippen LogP contribution in [-0.4, -0.2) is 24.4 Å². The van der Waals surface area contributed by atoms with Crippen LogP contribution in [-0.2, 0) is 4.79 Å². The van der Waals surface area contributed by atoms with E-state index in [-0.39, 0.29) is 11.8 Å². The number of hydrogen-bond acceptors (Lipinski definition) is 3. The van der Waals surface area contributed by atoms with Gasteiger partial charge in [0.25, 0.3) is 5.91 Å². The highest BCUT2D eigenvalue weighted by molar-refractivity contribution is 5.96. The lowest BCUT2D eigenvalue weighted by Crippen LogP contribution is -2.31. The fourth-order valence-corrected chi connectivity index (χ4v) is 1.80. The van der Waals surface area contributed by atoms with Crippen LogP contribution < -0.4 is 16.4 Å². The first-order valence-corrected chi connectivity index (χ1v) is 6.50. The molecule has 1 aromatic rings. The molecule has 2 amide bonds. The van der Waals surface area contributed by atoms with Gasteiger partial charge in [0.2, 0.25) is 5.91 Å². The van der Waals surface area contributed by atoms with E-state index in [1.165, 1.54) is 0 Å². The first kappa shape index (κ1) is 13.4. The third-order valence-electron chi connectivity index (χ3n) is 3.09. The second-order valence-corrected chi connectivity index (χ2v) is 4.92. The number of rotatable bonds is 5. The van der Waals surface area contributed by atoms with Gasteiger partial charge in [0.1, 0.15) is 0 Å². The third-order valence-corrected chi connectivity index (χ3v) is 3.09. The van der Waals surface area contributed by atoms with Crippen molar-refractivity contribution in [3.05, 3.63) is 29.3 Å². The molecule has 5 nitrogen and oxygen atoms in total. The van der Waals surface area contributed by atoms with Crippen LogP contribution in [0.25, 0.3) is 0 Å². The number of anilines is 1. The highest BCUT2D eigenvalue weighted by Gasteiger charge is 2.22. The molecule has 1 fully saturated rings. The predicted octanol–water partition coefficient (Wildman–Crippen LogP) is 0.976. The summed E-state index contributed by atoms with van der Waals surface area (Å²) in [6.07, 6.45) is 2.45. The van der Waals surface area contributed by atoms with E-state index in [1.54, 1.807) is 12.1 Å². The first-order chi connectivity index (χ1) is 9.06. The Morgan fingerprint density at radius 2 is 2.11 bits per heavy atom. The molecule has 0 aromatic heterocycles. The quantitative estimate of drug-likeness (QED) is 0.691. The van der Waals surface area contributed by atoms with Gasteiger partial charge in [0, 0.05) is 30.3 Å². The summed E-state index contributed by atoms with van der Waals surface area (Å²) in [6, 6.07) is 5.58. The molecule has 0 heterocycles. The van der Waals surface area contributed by atoms with Crippen molar-refractivity contribution in [1.29, 1.82) is 0 Å². The molecule has 2 rings (SSSR count). The van der Waals surface area contributed by atoms with Crippen molar-refractivity contribution in [3.63, 3.8) is 0 Å². The summed E-state index contributed by atoms with van der Waals surface area (Å²) in [4.78, 5) is 23.4. The molecule has 0 spiro atoms. The van der Waals surface area contributed by atoms with Gasteiger partial charge in [-0.2, -0.15) is 0 Å². The van der Waals surface area contributed by atoms with E-state index in [0.717, 1.165) is 18.4 Å². The molecular formula is C14H19N3O2. The van der Waals surface area contributed by atoms with Gasteiger partial charge < -0.3 is 16.4 Å². The molecule has 19 heavy (non-hydrogen) atoms. The Labute approximate surface area is 112 Å². The minimum atomic E-state index is -0.191. The average Bonchev–Trinajstić information content (AvgIpc) is 3.16. The normalized spacial score (nSPS) is 13.9. The van der Waals surface area contributed by atoms with Crippen molar-refractivity contribution in [2.45, 2.75) is 32.2 Å². The number of carbonyl (C=O) groups excluding carboxylic acids is 2. The molecule has 0 aliphatic heterocycles. The van der Waals surface area contributed by atoms with Gasteiger partial charge in [-0.1, -0.05) is 6.07 Å². The van der Waals surface area contributed by atoms with Gasteiger partial charge in [0.05, 0.1) is 0 Å². The Hall–Kier alpha value is -2.04. The molecule has 0 bridgehead atoms. The molecule has 0 unspecified atom stereocenters. The number of nitrogens with two attached hydrogens (primary N) is 1. The molecule has 1 saturated carbocycles. The van der Waals surface area contributed by atoms with Gasteiger partial charge in [-0.15, -0.1) is 0 Å². The molecule has 1 aliphatic carbocycles. The minimum Gasteiger partial charge on any atom is -0.399 e. The van der Waals surface area contributed by atoms with Gasteiger partial charge in [-0.25, -0.2) is 0 Å². The van der Waals surface area contributed by atoms with E-state index in [1.807, 2.05) is 13.0 Å². The summed E-state index contributed by atoms with van der Waals surface area (Å²) in [6.45, 7) is 2.19. The summed E-state index contributed by atoms with van der Waals surface area (Å²) in [7, 11) is 0. The fourth-order valence-electron chi connectivity index (χ4n) is 1.80. The van der Waals surface area contributed by atoms with Crippen molar-refractivity contribution in [1.82, 2.24) is 10.6 Å². The van der Waals surface area contributed by atoms with E-state index >= 15 is 0 Å². The second-order valence-electron chi connectivity index (χ2n) is 4.92. The smallest absolute Gasteiger partial charge is 0.251 e. The van der Waals surface area contributed by atoms with Gasteiger partial charge in [0.15, 0.2) is 0 Å². The van der Waals surface area contributed by atoms with Crippen molar-refractivity contribution < 1.29 is 9.59 Å². The highest BCUT2D eigenvalue weighted by Crippen LogP contribution is 2.18. The topological polar surface area (TPSA) is 84.2 Å². The Balaban J connectivity index is 1.80. The number of aryl methyl sites for hydroxylation is 1. The number of benzene rings is 1. The monoisotopic (exact) mass is 261 g/mol. The lowest BCUT2D eigenvalue weighted by molar-refractivity contribution is -0.121. The van der Waals surface area contributed by atoms with Gasteiger partial charge >= 0.3 is 0 Å². The van der Waals surface area contributed by atoms with Crippen LogP contribution in [0.3, 0.4) is 0 Å². The van der Waals surface area contributed by atoms with E-state index in [2.05, 4.69) is 10.6 Å². The predicted molar refractivity (Wildman–Crippen MR) is 73.7 cm³/mol. The van der Waals surface area contributed by atoms with Crippen LogP contribution in [0.1, 0.15) is 35.2 Å². The summed E-state index contributed by atoms with van der Waals surface area (Å²) in [5.41, 5.74) is 7.64. The highest BCUT2D eigenvalue weighted by atomic mass is 16.2. The first-order valence-electron chi connectivity index (χ1n) is 6.50. The zero-order valence-electron chi connectivity index (χ0n) is 11.0. The summed E-state index contributed by atoms with van der Waals surface area (Å²) in [5.74, 6) is -0.198. The SMILES string of the molecule is Cc1ccc(N)cc1C(=O)NCCC(=O)NC1CC1. The molecule has 102 valence electrons. The van der Waals surface area contributed by atoms with Crippen molar-refractivity contribution in [3.8, 4) is 0 Å². The van der Waals surface area contributed by atoms with E-state index in [4.69, 9.17) is 5.73 Å². The Bertz CT molecular complexity index is 495. The lowest BCUT2D eigenvalue weighted by Gasteiger charge is -2.08. The summed E-state index contributed by atoms with van der Waals surface area (Å²) in [5, 5.41) is 5.61. The molecule has 5 heteroatoms. The lowest BCUT2D eigenvalue weighted by atomic mass is 10.1. The zero-order valence-corrected chi connectivity index (χ0v) is 11.0. The molecule has 0 atom stereocenters. The Morgan fingerprint density at radius 1 is 1.37 bits per heavy atom. The molecule has 1 aliphatic rings. The van der Waals surface area contributed by atoms with Crippen LogP contribution in [0.5, 0.6) is 0 Å². The molecule has 4 N–H and O–H groups in total. The molecule has 0 radical (unpaired) electrons. The summed E-state index contributed by atoms with van der Waals surface area (Å²) < 4.78 is 0. The Morgan fingerprint density at radius 3 is 2.79 bits per heavy atom. The number of nitrogens with one attached hydrogen (secondary N) is 2. The maximum Gasteiger partial charge on any atom is 0.251 e. The van der Waals surface area contributed by atoms with Gasteiger partial charge in [-0.05, 0) is 37.5 Å². The van der Waals surface area contributed by atoms with Crippen LogP contribution in [0.4, 0.5) is 5.69 Å². The third kappa shape index (κ3) is 3.98. The van der Waals surface area contributed by atoms with Crippen molar-refractivity contribution >= 4 is 17.5 Å². The van der Waals surface area contributed by atoms with Crippen LogP contribution in [0, 0.1) is 6.92 Å². The fraction of sp³-hybridized carbons (Fsp3) is 0.429. The van der Waals surface area contributed by atoms with Crippen LogP contribution in [0.2, 0.25) is 0 Å². The standard InChI is InChI=1S/C14H19N3O2/c1-9-2-3-10(15)8-12(9)14(19)16-7-6-13(18)17-11-4-5-11/h2-3,8,11H,4-7,15H2,1H3,(H,16,19)(H,17,18). The molecule has 1 aromatic carbocycles. The molecular weight excluding hydrogens is 242 g/mol. The Kier molecular flexibility index (Phi) is 4.04. The second kappa shape index (κ2) is 5.73. The van der Waals surface area contributed by atoms with Crippen molar-refractivity contribution in [2.24, 2.45) is 0 Å². The maximum absolute atomic E-state index is 11.9.